The van der Waals surface area contributed by atoms with E-state index in [-0.39, 0.29) is 30.8 Å². The Morgan fingerprint density at radius 3 is 2.45 bits per heavy atom. The van der Waals surface area contributed by atoms with Crippen LogP contribution in [0.2, 0.25) is 0 Å². The highest BCUT2D eigenvalue weighted by Crippen LogP contribution is 2.34. The molecule has 4 rings (SSSR count). The van der Waals surface area contributed by atoms with Crippen molar-refractivity contribution >= 4 is 29.2 Å². The lowest BCUT2D eigenvalue weighted by atomic mass is 10.1. The summed E-state index contributed by atoms with van der Waals surface area (Å²) in [5.41, 5.74) is 2.59. The average molecular weight is 422 g/mol. The van der Waals surface area contributed by atoms with E-state index >= 15 is 0 Å². The molecule has 7 nitrogen and oxygen atoms in total. The summed E-state index contributed by atoms with van der Waals surface area (Å²) in [5, 5.41) is 0. The molecule has 162 valence electrons. The van der Waals surface area contributed by atoms with Crippen molar-refractivity contribution in [2.24, 2.45) is 5.92 Å². The second-order valence-corrected chi connectivity index (χ2v) is 8.05. The first-order valence-electron chi connectivity index (χ1n) is 10.5. The summed E-state index contributed by atoms with van der Waals surface area (Å²) in [6.45, 7) is 3.76. The largest absolute Gasteiger partial charge is 0.495 e. The molecule has 0 saturated carbocycles. The maximum Gasteiger partial charge on any atom is 0.312 e. The van der Waals surface area contributed by atoms with Gasteiger partial charge < -0.3 is 19.3 Å². The van der Waals surface area contributed by atoms with Crippen LogP contribution in [0.5, 0.6) is 5.75 Å². The summed E-state index contributed by atoms with van der Waals surface area (Å²) < 4.78 is 10.9. The molecule has 0 unspecified atom stereocenters. The number of esters is 1. The summed E-state index contributed by atoms with van der Waals surface area (Å²) in [5.74, 6) is -1.03. The van der Waals surface area contributed by atoms with Crippen LogP contribution in [0, 0.1) is 5.92 Å². The first-order valence-corrected chi connectivity index (χ1v) is 10.5. The van der Waals surface area contributed by atoms with Gasteiger partial charge in [0.25, 0.3) is 5.91 Å². The van der Waals surface area contributed by atoms with Gasteiger partial charge in [-0.2, -0.15) is 0 Å². The van der Waals surface area contributed by atoms with E-state index in [1.807, 2.05) is 43.3 Å². The maximum absolute atomic E-state index is 13.1. The fraction of sp³-hybridized carbons (Fsp3) is 0.375. The van der Waals surface area contributed by atoms with Gasteiger partial charge in [-0.05, 0) is 44.0 Å². The quantitative estimate of drug-likeness (QED) is 0.693. The zero-order chi connectivity index (χ0) is 22.1. The molecule has 0 aromatic heterocycles. The molecule has 2 heterocycles. The minimum atomic E-state index is -0.934. The molecule has 0 bridgehead atoms. The number of nitrogens with zero attached hydrogens (tertiary/aromatic N) is 2. The highest BCUT2D eigenvalue weighted by Gasteiger charge is 2.40. The normalized spacial score (nSPS) is 21.1. The summed E-state index contributed by atoms with van der Waals surface area (Å²) in [6.07, 6.45) is -0.120. The number of anilines is 2. The van der Waals surface area contributed by atoms with E-state index in [1.165, 1.54) is 12.0 Å². The Morgan fingerprint density at radius 1 is 1.03 bits per heavy atom. The van der Waals surface area contributed by atoms with Gasteiger partial charge in [0, 0.05) is 24.7 Å². The molecule has 0 N–H and O–H groups in total. The maximum atomic E-state index is 13.1. The van der Waals surface area contributed by atoms with E-state index < -0.39 is 18.0 Å². The molecule has 0 spiro atoms. The van der Waals surface area contributed by atoms with Crippen LogP contribution in [0.25, 0.3) is 0 Å². The lowest BCUT2D eigenvalue weighted by molar-refractivity contribution is -0.157. The number of carbonyl (C=O) groups excluding carboxylic acids is 3. The number of rotatable bonds is 5. The first-order chi connectivity index (χ1) is 14.9. The topological polar surface area (TPSA) is 76.2 Å². The smallest absolute Gasteiger partial charge is 0.312 e. The number of carbonyl (C=O) groups is 3. The van der Waals surface area contributed by atoms with Crippen LogP contribution in [-0.4, -0.2) is 43.6 Å². The Labute approximate surface area is 181 Å². The Morgan fingerprint density at radius 2 is 1.71 bits per heavy atom. The molecule has 2 aromatic rings. The molecule has 7 heteroatoms. The van der Waals surface area contributed by atoms with Crippen molar-refractivity contribution in [2.75, 3.05) is 23.5 Å². The van der Waals surface area contributed by atoms with Gasteiger partial charge in [-0.3, -0.25) is 14.4 Å². The van der Waals surface area contributed by atoms with Gasteiger partial charge in [0.1, 0.15) is 5.75 Å². The number of hydrogen-bond donors (Lipinski definition) is 0. The fourth-order valence-electron chi connectivity index (χ4n) is 4.37. The van der Waals surface area contributed by atoms with E-state index in [0.29, 0.717) is 11.4 Å². The monoisotopic (exact) mass is 422 g/mol. The van der Waals surface area contributed by atoms with Crippen LogP contribution in [0.4, 0.5) is 11.4 Å². The lowest BCUT2D eigenvalue weighted by Crippen LogP contribution is -2.43. The Kier molecular flexibility index (Phi) is 5.67. The van der Waals surface area contributed by atoms with Gasteiger partial charge in [0.2, 0.25) is 5.91 Å². The average Bonchev–Trinajstić information content (AvgIpc) is 3.32. The zero-order valence-electron chi connectivity index (χ0n) is 17.9. The van der Waals surface area contributed by atoms with Crippen LogP contribution in [0.15, 0.2) is 48.5 Å². The molecule has 2 aliphatic rings. The van der Waals surface area contributed by atoms with Crippen molar-refractivity contribution in [3.05, 3.63) is 54.1 Å². The van der Waals surface area contributed by atoms with Crippen molar-refractivity contribution < 1.29 is 23.9 Å². The third-order valence-corrected chi connectivity index (χ3v) is 5.92. The van der Waals surface area contributed by atoms with E-state index in [0.717, 1.165) is 17.7 Å². The molecule has 2 aromatic carbocycles. The molecule has 2 amide bonds. The number of hydrogen-bond acceptors (Lipinski definition) is 5. The van der Waals surface area contributed by atoms with Crippen molar-refractivity contribution in [3.8, 4) is 5.75 Å². The predicted octanol–water partition coefficient (Wildman–Crippen LogP) is 2.96. The second-order valence-electron chi connectivity index (χ2n) is 8.05. The predicted molar refractivity (Wildman–Crippen MR) is 116 cm³/mol. The van der Waals surface area contributed by atoms with Gasteiger partial charge >= 0.3 is 5.97 Å². The number of para-hydroxylation sites is 3. The van der Waals surface area contributed by atoms with Crippen LogP contribution in [-0.2, 0) is 25.5 Å². The van der Waals surface area contributed by atoms with E-state index in [1.54, 1.807) is 24.0 Å². The Bertz CT molecular complexity index is 1020. The van der Waals surface area contributed by atoms with E-state index in [2.05, 4.69) is 0 Å². The van der Waals surface area contributed by atoms with Crippen molar-refractivity contribution in [3.63, 3.8) is 0 Å². The van der Waals surface area contributed by atoms with E-state index in [9.17, 15) is 14.4 Å². The number of benzene rings is 2. The third-order valence-electron chi connectivity index (χ3n) is 5.92. The molecule has 1 saturated heterocycles. The summed E-state index contributed by atoms with van der Waals surface area (Å²) >= 11 is 0. The van der Waals surface area contributed by atoms with Gasteiger partial charge in [-0.15, -0.1) is 0 Å². The van der Waals surface area contributed by atoms with Gasteiger partial charge in [-0.1, -0.05) is 30.3 Å². The highest BCUT2D eigenvalue weighted by molar-refractivity contribution is 6.02. The fourth-order valence-corrected chi connectivity index (χ4v) is 4.37. The number of methoxy groups -OCH3 is 1. The number of amides is 2. The van der Waals surface area contributed by atoms with E-state index in [4.69, 9.17) is 9.47 Å². The summed E-state index contributed by atoms with van der Waals surface area (Å²) in [6, 6.07) is 14.9. The second kappa shape index (κ2) is 8.41. The summed E-state index contributed by atoms with van der Waals surface area (Å²) in [7, 11) is 1.54. The molecule has 0 radical (unpaired) electrons. The summed E-state index contributed by atoms with van der Waals surface area (Å²) in [4.78, 5) is 41.6. The van der Waals surface area contributed by atoms with Crippen LogP contribution in [0.3, 0.4) is 0 Å². The molecule has 2 aliphatic heterocycles. The van der Waals surface area contributed by atoms with Crippen molar-refractivity contribution in [1.29, 1.82) is 0 Å². The number of fused-ring (bicyclic) bond motifs is 1. The van der Waals surface area contributed by atoms with Gasteiger partial charge in [0.15, 0.2) is 6.10 Å². The SMILES string of the molecule is COc1ccccc1N1C[C@H](C(=O)O[C@@H](C)C(=O)N2c3ccccc3C[C@@H]2C)CC1=O. The standard InChI is InChI=1S/C24H26N2O5/c1-15-12-17-8-4-5-9-19(17)26(15)23(28)16(2)31-24(29)18-13-22(27)25(14-18)20-10-6-7-11-21(20)30-3/h4-11,15-16,18H,12-14H2,1-3H3/t15-,16-,18+/m0/s1. The minimum Gasteiger partial charge on any atom is -0.495 e. The molecular formula is C24H26N2O5. The van der Waals surface area contributed by atoms with Crippen LogP contribution >= 0.6 is 0 Å². The highest BCUT2D eigenvalue weighted by atomic mass is 16.5. The van der Waals surface area contributed by atoms with Crippen molar-refractivity contribution in [1.82, 2.24) is 0 Å². The van der Waals surface area contributed by atoms with Gasteiger partial charge in [-0.25, -0.2) is 0 Å². The number of ether oxygens (including phenoxy) is 2. The van der Waals surface area contributed by atoms with Gasteiger partial charge in [0.05, 0.1) is 18.7 Å². The van der Waals surface area contributed by atoms with Crippen LogP contribution < -0.4 is 14.5 Å². The van der Waals surface area contributed by atoms with Crippen molar-refractivity contribution in [2.45, 2.75) is 38.8 Å². The first kappa shape index (κ1) is 20.9. The third kappa shape index (κ3) is 3.87. The zero-order valence-corrected chi connectivity index (χ0v) is 17.9. The molecule has 3 atom stereocenters. The van der Waals surface area contributed by atoms with Crippen LogP contribution in [0.1, 0.15) is 25.8 Å². The molecule has 0 aliphatic carbocycles. The lowest BCUT2D eigenvalue weighted by Gasteiger charge is -2.26. The Balaban J connectivity index is 1.43. The molecular weight excluding hydrogens is 396 g/mol. The molecule has 31 heavy (non-hydrogen) atoms. The Hall–Kier alpha value is -3.35. The minimum absolute atomic E-state index is 0.000136. The molecule has 1 fully saturated rings.